The fraction of sp³-hybridized carbons (Fsp3) is 0.500. The highest BCUT2D eigenvalue weighted by molar-refractivity contribution is 6.31. The van der Waals surface area contributed by atoms with Crippen LogP contribution in [0.1, 0.15) is 25.1 Å². The normalized spacial score (nSPS) is 14.4. The lowest BCUT2D eigenvalue weighted by Gasteiger charge is -2.32. The predicted octanol–water partition coefficient (Wildman–Crippen LogP) is 3.56. The first-order chi connectivity index (χ1) is 16.9. The third kappa shape index (κ3) is 8.76. The van der Waals surface area contributed by atoms with Crippen LogP contribution >= 0.6 is 24.0 Å². The molecule has 10 nitrogen and oxygen atoms in total. The molecule has 12 heteroatoms. The van der Waals surface area contributed by atoms with E-state index in [0.29, 0.717) is 28.4 Å². The summed E-state index contributed by atoms with van der Waals surface area (Å²) in [7, 11) is 1.54. The Morgan fingerprint density at radius 2 is 2.00 bits per heavy atom. The van der Waals surface area contributed by atoms with Gasteiger partial charge in [0.2, 0.25) is 0 Å². The quantitative estimate of drug-likeness (QED) is 0.420. The summed E-state index contributed by atoms with van der Waals surface area (Å²) in [5.41, 5.74) is 1.52. The van der Waals surface area contributed by atoms with Gasteiger partial charge in [-0.1, -0.05) is 25.4 Å². The minimum Gasteiger partial charge on any atom is -0.495 e. The molecule has 3 N–H and O–H groups in total. The zero-order valence-electron chi connectivity index (χ0n) is 20.7. The number of nitrogens with zero attached hydrogens (tertiary/aromatic N) is 4. The van der Waals surface area contributed by atoms with Crippen LogP contribution < -0.4 is 20.7 Å². The zero-order valence-corrected chi connectivity index (χ0v) is 22.3. The molecule has 1 aliphatic heterocycles. The molecule has 0 bridgehead atoms. The van der Waals surface area contributed by atoms with E-state index in [1.807, 2.05) is 12.1 Å². The smallest absolute Gasteiger partial charge is 0.325 e. The van der Waals surface area contributed by atoms with Crippen molar-refractivity contribution in [3.8, 4) is 11.8 Å². The Morgan fingerprint density at radius 3 is 2.61 bits per heavy atom. The van der Waals surface area contributed by atoms with Crippen molar-refractivity contribution in [2.24, 2.45) is 5.92 Å². The number of carbonyl (C=O) groups excluding carboxylic acids is 1. The molecule has 1 aromatic heterocycles. The molecule has 0 aliphatic carbocycles. The predicted molar refractivity (Wildman–Crippen MR) is 142 cm³/mol. The Balaban J connectivity index is 0.00000456. The molecule has 2 amide bonds. The number of halogens is 2. The number of aromatic nitrogens is 2. The van der Waals surface area contributed by atoms with E-state index in [4.69, 9.17) is 26.3 Å². The summed E-state index contributed by atoms with van der Waals surface area (Å²) in [6.45, 7) is 9.72. The number of urea groups is 1. The van der Waals surface area contributed by atoms with Crippen molar-refractivity contribution in [3.63, 3.8) is 0 Å². The maximum atomic E-state index is 12.4. The van der Waals surface area contributed by atoms with E-state index in [1.54, 1.807) is 6.07 Å². The maximum Gasteiger partial charge on any atom is 0.325 e. The Labute approximate surface area is 223 Å². The maximum absolute atomic E-state index is 12.4. The van der Waals surface area contributed by atoms with E-state index >= 15 is 0 Å². The van der Waals surface area contributed by atoms with E-state index in [9.17, 15) is 4.79 Å². The van der Waals surface area contributed by atoms with Crippen molar-refractivity contribution in [1.82, 2.24) is 20.2 Å². The number of anilines is 2. The largest absolute Gasteiger partial charge is 0.495 e. The summed E-state index contributed by atoms with van der Waals surface area (Å²) in [5, 5.41) is 18.3. The van der Waals surface area contributed by atoms with Crippen LogP contribution in [-0.2, 0) is 11.2 Å². The molecule has 2 heterocycles. The fourth-order valence-electron chi connectivity index (χ4n) is 3.74. The van der Waals surface area contributed by atoms with Crippen molar-refractivity contribution in [3.05, 3.63) is 40.8 Å². The van der Waals surface area contributed by atoms with E-state index in [0.717, 1.165) is 51.4 Å². The number of amides is 2. The first-order valence-electron chi connectivity index (χ1n) is 11.6. The number of hydrogen-bond acceptors (Lipinski definition) is 8. The lowest BCUT2D eigenvalue weighted by molar-refractivity contribution is 0.0310. The van der Waals surface area contributed by atoms with Crippen LogP contribution in [0.3, 0.4) is 0 Å². The number of morpholine rings is 1. The summed E-state index contributed by atoms with van der Waals surface area (Å²) in [6, 6.07) is 5.22. The van der Waals surface area contributed by atoms with E-state index in [1.165, 1.54) is 19.5 Å². The van der Waals surface area contributed by atoms with Gasteiger partial charge >= 0.3 is 6.03 Å². The minimum atomic E-state index is -0.532. The van der Waals surface area contributed by atoms with Crippen LogP contribution in [0.4, 0.5) is 16.3 Å². The van der Waals surface area contributed by atoms with Crippen molar-refractivity contribution in [2.45, 2.75) is 26.3 Å². The van der Waals surface area contributed by atoms with Gasteiger partial charge < -0.3 is 20.1 Å². The van der Waals surface area contributed by atoms with Gasteiger partial charge in [0.25, 0.3) is 0 Å². The van der Waals surface area contributed by atoms with Gasteiger partial charge in [0, 0.05) is 30.7 Å². The van der Waals surface area contributed by atoms with Gasteiger partial charge in [-0.25, -0.2) is 14.8 Å². The van der Waals surface area contributed by atoms with Crippen LogP contribution in [0.15, 0.2) is 24.5 Å². The molecule has 1 aromatic carbocycles. The topological polar surface area (TPSA) is 124 Å². The van der Waals surface area contributed by atoms with Gasteiger partial charge in [-0.05, 0) is 36.6 Å². The molecule has 0 radical (unpaired) electrons. The first-order valence-corrected chi connectivity index (χ1v) is 12.0. The minimum absolute atomic E-state index is 0. The first kappa shape index (κ1) is 29.5. The van der Waals surface area contributed by atoms with Gasteiger partial charge in [-0.3, -0.25) is 10.2 Å². The van der Waals surface area contributed by atoms with Gasteiger partial charge in [0.15, 0.2) is 11.5 Å². The number of nitriles is 1. The monoisotopic (exact) mass is 537 g/mol. The highest BCUT2D eigenvalue weighted by Gasteiger charge is 2.19. The lowest BCUT2D eigenvalue weighted by atomic mass is 10.0. The Hall–Kier alpha value is -2.68. The van der Waals surface area contributed by atoms with Crippen molar-refractivity contribution in [2.75, 3.05) is 57.1 Å². The molecule has 1 atom stereocenters. The molecule has 1 fully saturated rings. The summed E-state index contributed by atoms with van der Waals surface area (Å²) in [5.74, 6) is 1.21. The number of carbonyl (C=O) groups is 1. The van der Waals surface area contributed by atoms with Crippen LogP contribution in [-0.4, -0.2) is 73.4 Å². The highest BCUT2D eigenvalue weighted by atomic mass is 35.5. The molecule has 1 saturated heterocycles. The second kappa shape index (κ2) is 14.8. The molecular weight excluding hydrogens is 505 g/mol. The molecule has 1 aliphatic rings. The Morgan fingerprint density at radius 1 is 1.25 bits per heavy atom. The fourth-order valence-corrected chi connectivity index (χ4v) is 4.00. The van der Waals surface area contributed by atoms with Crippen LogP contribution in [0.5, 0.6) is 5.75 Å². The number of methoxy groups -OCH3 is 1. The molecular formula is C24H33Cl2N7O3. The molecule has 196 valence electrons. The summed E-state index contributed by atoms with van der Waals surface area (Å²) in [4.78, 5) is 22.7. The Kier molecular flexibility index (Phi) is 12.1. The van der Waals surface area contributed by atoms with Crippen molar-refractivity contribution >= 4 is 41.5 Å². The summed E-state index contributed by atoms with van der Waals surface area (Å²) < 4.78 is 10.9. The van der Waals surface area contributed by atoms with Gasteiger partial charge in [-0.2, -0.15) is 5.26 Å². The molecule has 0 saturated carbocycles. The third-order valence-electron chi connectivity index (χ3n) is 5.79. The van der Waals surface area contributed by atoms with Gasteiger partial charge in [-0.15, -0.1) is 12.4 Å². The average Bonchev–Trinajstić information content (AvgIpc) is 2.85. The van der Waals surface area contributed by atoms with Crippen molar-refractivity contribution < 1.29 is 14.3 Å². The van der Waals surface area contributed by atoms with Gasteiger partial charge in [0.1, 0.15) is 11.8 Å². The highest BCUT2D eigenvalue weighted by Crippen LogP contribution is 2.31. The third-order valence-corrected chi connectivity index (χ3v) is 6.14. The van der Waals surface area contributed by atoms with Gasteiger partial charge in [0.05, 0.1) is 38.4 Å². The Bertz CT molecular complexity index is 1030. The van der Waals surface area contributed by atoms with Crippen molar-refractivity contribution in [1.29, 1.82) is 5.26 Å². The van der Waals surface area contributed by atoms with Crippen LogP contribution in [0.25, 0.3) is 0 Å². The van der Waals surface area contributed by atoms with Crippen LogP contribution in [0, 0.1) is 17.2 Å². The van der Waals surface area contributed by atoms with E-state index < -0.39 is 6.03 Å². The standard InChI is InChI=1S/C24H32ClN7O3.ClH/c1-16(2)21(15-32-6-8-35-9-7-32)27-5-4-17-10-22(34-3)20(11-19(17)25)30-24(33)31-23-14-28-18(12-26)13-29-23;/h10-11,13-14,16,21,27H,4-9,15H2,1-3H3,(H2,29,30,31,33);1H/t21-;/m1./s1. The molecule has 3 rings (SSSR count). The molecule has 0 unspecified atom stereocenters. The lowest BCUT2D eigenvalue weighted by Crippen LogP contribution is -2.48. The second-order valence-corrected chi connectivity index (χ2v) is 9.00. The second-order valence-electron chi connectivity index (χ2n) is 8.59. The SMILES string of the molecule is COc1cc(CCN[C@H](CN2CCOCC2)C(C)C)c(Cl)cc1NC(=O)Nc1cnc(C#N)cn1.Cl. The number of benzene rings is 1. The number of hydrogen-bond donors (Lipinski definition) is 3. The molecule has 0 spiro atoms. The summed E-state index contributed by atoms with van der Waals surface area (Å²) in [6.07, 6.45) is 3.30. The number of nitrogens with one attached hydrogen (secondary N) is 3. The van der Waals surface area contributed by atoms with E-state index in [-0.39, 0.29) is 23.9 Å². The van der Waals surface area contributed by atoms with E-state index in [2.05, 4.69) is 44.7 Å². The van der Waals surface area contributed by atoms with Crippen LogP contribution in [0.2, 0.25) is 5.02 Å². The zero-order chi connectivity index (χ0) is 25.2. The molecule has 36 heavy (non-hydrogen) atoms. The number of ether oxygens (including phenoxy) is 2. The average molecular weight is 538 g/mol. The number of rotatable bonds is 10. The summed E-state index contributed by atoms with van der Waals surface area (Å²) >= 11 is 6.54. The molecule has 2 aromatic rings.